The summed E-state index contributed by atoms with van der Waals surface area (Å²) in [6.45, 7) is 3.37. The van der Waals surface area contributed by atoms with E-state index in [0.29, 0.717) is 5.56 Å². The molecule has 0 spiro atoms. The number of allylic oxidation sites excluding steroid dienone is 3. The molecule has 19 heavy (non-hydrogen) atoms. The van der Waals surface area contributed by atoms with Gasteiger partial charge in [-0.3, -0.25) is 0 Å². The first-order valence-electron chi connectivity index (χ1n) is 5.55. The van der Waals surface area contributed by atoms with Gasteiger partial charge in [-0.25, -0.2) is 17.2 Å². The highest BCUT2D eigenvalue weighted by molar-refractivity contribution is 7.94. The topological polar surface area (TPSA) is 76.4 Å². The summed E-state index contributed by atoms with van der Waals surface area (Å²) < 4.78 is 25.5. The molecule has 0 radical (unpaired) electrons. The molecule has 0 aliphatic carbocycles. The molecule has 5 nitrogen and oxygen atoms in total. The maximum Gasteiger partial charge on any atom is 0.328 e. The molecule has 0 saturated heterocycles. The van der Waals surface area contributed by atoms with E-state index < -0.39 is 16.0 Å². The quantitative estimate of drug-likeness (QED) is 0.663. The number of aliphatic carboxylic acids is 1. The van der Waals surface area contributed by atoms with Crippen LogP contribution in [0.4, 0.5) is 0 Å². The fourth-order valence-corrected chi connectivity index (χ4v) is 2.76. The summed E-state index contributed by atoms with van der Waals surface area (Å²) in [6, 6.07) is 1.53. The van der Waals surface area contributed by atoms with E-state index in [-0.39, 0.29) is 4.91 Å². The lowest BCUT2D eigenvalue weighted by Crippen LogP contribution is -2.11. The van der Waals surface area contributed by atoms with Crippen molar-refractivity contribution < 1.29 is 18.3 Å². The first-order chi connectivity index (χ1) is 8.91. The van der Waals surface area contributed by atoms with Gasteiger partial charge in [0.1, 0.15) is 0 Å². The van der Waals surface area contributed by atoms with Crippen LogP contribution in [0.25, 0.3) is 6.08 Å². The average molecular weight is 281 g/mol. The van der Waals surface area contributed by atoms with Crippen molar-refractivity contribution in [3.63, 3.8) is 0 Å². The van der Waals surface area contributed by atoms with Crippen molar-refractivity contribution in [1.29, 1.82) is 0 Å². The molecule has 0 aliphatic rings. The van der Waals surface area contributed by atoms with Gasteiger partial charge in [-0.15, -0.1) is 0 Å². The molecule has 1 rings (SSSR count). The Morgan fingerprint density at radius 3 is 2.53 bits per heavy atom. The Bertz CT molecular complexity index is 648. The molecule has 0 aromatic carbocycles. The number of carboxylic acids is 1. The molecule has 0 fully saturated rings. The Kier molecular flexibility index (Phi) is 4.88. The lowest BCUT2D eigenvalue weighted by molar-refractivity contribution is -0.131. The van der Waals surface area contributed by atoms with Crippen molar-refractivity contribution in [1.82, 2.24) is 3.97 Å². The van der Waals surface area contributed by atoms with Crippen LogP contribution >= 0.6 is 0 Å². The molecule has 1 N–H and O–H groups in total. The number of carbonyl (C=O) groups is 1. The van der Waals surface area contributed by atoms with Gasteiger partial charge >= 0.3 is 5.97 Å². The third kappa shape index (κ3) is 3.69. The van der Waals surface area contributed by atoms with Crippen molar-refractivity contribution in [3.05, 3.63) is 53.2 Å². The third-order valence-corrected chi connectivity index (χ3v) is 4.05. The second kappa shape index (κ2) is 6.19. The van der Waals surface area contributed by atoms with E-state index in [1.165, 1.54) is 36.7 Å². The molecule has 1 aromatic heterocycles. The van der Waals surface area contributed by atoms with Crippen LogP contribution < -0.4 is 0 Å². The minimum absolute atomic E-state index is 0.180. The minimum atomic E-state index is -3.62. The Morgan fingerprint density at radius 1 is 1.32 bits per heavy atom. The fourth-order valence-electron chi connectivity index (χ4n) is 1.43. The smallest absolute Gasteiger partial charge is 0.328 e. The van der Waals surface area contributed by atoms with Crippen LogP contribution in [0.15, 0.2) is 47.7 Å². The number of rotatable bonds is 5. The summed E-state index contributed by atoms with van der Waals surface area (Å²) in [5.74, 6) is -1.08. The zero-order valence-corrected chi connectivity index (χ0v) is 11.5. The highest BCUT2D eigenvalue weighted by Crippen LogP contribution is 2.15. The molecular formula is C13H15NO4S. The lowest BCUT2D eigenvalue weighted by Gasteiger charge is -2.05. The summed E-state index contributed by atoms with van der Waals surface area (Å²) in [7, 11) is -3.62. The number of nitrogens with zero attached hydrogens (tertiary/aromatic N) is 1. The van der Waals surface area contributed by atoms with Gasteiger partial charge in [0.15, 0.2) is 0 Å². The van der Waals surface area contributed by atoms with Gasteiger partial charge in [0.2, 0.25) is 0 Å². The van der Waals surface area contributed by atoms with E-state index in [1.54, 1.807) is 19.9 Å². The Balaban J connectivity index is 3.14. The monoisotopic (exact) mass is 281 g/mol. The Labute approximate surface area is 112 Å². The van der Waals surface area contributed by atoms with Crippen molar-refractivity contribution in [2.24, 2.45) is 0 Å². The first kappa shape index (κ1) is 15.0. The number of hydrogen-bond acceptors (Lipinski definition) is 3. The molecule has 0 amide bonds. The van der Waals surface area contributed by atoms with E-state index in [9.17, 15) is 13.2 Å². The van der Waals surface area contributed by atoms with Gasteiger partial charge in [-0.2, -0.15) is 0 Å². The standard InChI is InChI=1S/C13H15NO4S/c1-3-5-12(4-2)19(17,18)14-9-8-11(10-14)6-7-13(15)16/h3-10H,1-2H3,(H,15,16)/b5-3-,7-6+,12-4+. The van der Waals surface area contributed by atoms with Gasteiger partial charge in [0.25, 0.3) is 10.0 Å². The highest BCUT2D eigenvalue weighted by atomic mass is 32.2. The van der Waals surface area contributed by atoms with E-state index in [2.05, 4.69) is 0 Å². The van der Waals surface area contributed by atoms with Crippen molar-refractivity contribution in [2.45, 2.75) is 13.8 Å². The molecule has 0 aliphatic heterocycles. The van der Waals surface area contributed by atoms with Crippen molar-refractivity contribution in [2.75, 3.05) is 0 Å². The van der Waals surface area contributed by atoms with Crippen molar-refractivity contribution in [3.8, 4) is 0 Å². The van der Waals surface area contributed by atoms with Gasteiger partial charge in [0, 0.05) is 18.5 Å². The largest absolute Gasteiger partial charge is 0.478 e. The number of aromatic nitrogens is 1. The average Bonchev–Trinajstić information content (AvgIpc) is 2.82. The maximum atomic E-state index is 12.2. The lowest BCUT2D eigenvalue weighted by atomic mass is 10.3. The van der Waals surface area contributed by atoms with Gasteiger partial charge < -0.3 is 5.11 Å². The van der Waals surface area contributed by atoms with E-state index >= 15 is 0 Å². The Hall–Kier alpha value is -2.08. The van der Waals surface area contributed by atoms with E-state index in [0.717, 1.165) is 10.0 Å². The molecular weight excluding hydrogens is 266 g/mol. The van der Waals surface area contributed by atoms with Gasteiger partial charge in [-0.1, -0.05) is 12.2 Å². The Morgan fingerprint density at radius 2 is 2.00 bits per heavy atom. The summed E-state index contributed by atoms with van der Waals surface area (Å²) in [5, 5.41) is 8.51. The van der Waals surface area contributed by atoms with E-state index in [1.807, 2.05) is 0 Å². The molecule has 1 aromatic rings. The van der Waals surface area contributed by atoms with Crippen LogP contribution in [0.3, 0.4) is 0 Å². The zero-order chi connectivity index (χ0) is 14.5. The summed E-state index contributed by atoms with van der Waals surface area (Å²) in [4.78, 5) is 10.6. The fraction of sp³-hybridized carbons (Fsp3) is 0.154. The van der Waals surface area contributed by atoms with Crippen molar-refractivity contribution >= 4 is 22.1 Å². The van der Waals surface area contributed by atoms with Crippen LogP contribution in [0.5, 0.6) is 0 Å². The molecule has 1 heterocycles. The molecule has 102 valence electrons. The molecule has 0 atom stereocenters. The second-order valence-electron chi connectivity index (χ2n) is 3.64. The SMILES string of the molecule is C/C=C\C(=C/C)S(=O)(=O)n1ccc(/C=C/C(=O)O)c1. The van der Waals surface area contributed by atoms with Crippen LogP contribution in [0.1, 0.15) is 19.4 Å². The van der Waals surface area contributed by atoms with Crippen LogP contribution in [-0.4, -0.2) is 23.5 Å². The number of hydrogen-bond donors (Lipinski definition) is 1. The third-order valence-electron chi connectivity index (χ3n) is 2.30. The summed E-state index contributed by atoms with van der Waals surface area (Å²) in [5.41, 5.74) is 0.502. The highest BCUT2D eigenvalue weighted by Gasteiger charge is 2.16. The van der Waals surface area contributed by atoms with Gasteiger partial charge in [-0.05, 0) is 37.6 Å². The normalized spacial score (nSPS) is 13.5. The van der Waals surface area contributed by atoms with E-state index in [4.69, 9.17) is 5.11 Å². The summed E-state index contributed by atoms with van der Waals surface area (Å²) >= 11 is 0. The molecule has 0 saturated carbocycles. The molecule has 0 bridgehead atoms. The zero-order valence-electron chi connectivity index (χ0n) is 10.6. The summed E-state index contributed by atoms with van der Waals surface area (Å²) in [6.07, 6.45) is 9.67. The second-order valence-corrected chi connectivity index (χ2v) is 5.49. The maximum absolute atomic E-state index is 12.2. The predicted octanol–water partition coefficient (Wildman–Crippen LogP) is 2.24. The molecule has 6 heteroatoms. The van der Waals surface area contributed by atoms with Gasteiger partial charge in [0.05, 0.1) is 4.91 Å². The minimum Gasteiger partial charge on any atom is -0.478 e. The number of carboxylic acid groups (broad SMARTS) is 1. The van der Waals surface area contributed by atoms with Crippen LogP contribution in [0, 0.1) is 0 Å². The first-order valence-corrected chi connectivity index (χ1v) is 6.99. The predicted molar refractivity (Wildman–Crippen MR) is 74.0 cm³/mol. The van der Waals surface area contributed by atoms with Crippen LogP contribution in [-0.2, 0) is 14.8 Å². The van der Waals surface area contributed by atoms with Crippen LogP contribution in [0.2, 0.25) is 0 Å². The molecule has 0 unspecified atom stereocenters.